The topological polar surface area (TPSA) is 119 Å². The van der Waals surface area contributed by atoms with E-state index in [1.807, 2.05) is 6.92 Å². The van der Waals surface area contributed by atoms with E-state index in [-0.39, 0.29) is 33.7 Å². The summed E-state index contributed by atoms with van der Waals surface area (Å²) in [5, 5.41) is 11.4. The van der Waals surface area contributed by atoms with Crippen LogP contribution in [0.5, 0.6) is 5.75 Å². The van der Waals surface area contributed by atoms with Crippen LogP contribution in [-0.2, 0) is 14.3 Å². The zero-order valence-corrected chi connectivity index (χ0v) is 21.5. The monoisotopic (exact) mass is 522 g/mol. The van der Waals surface area contributed by atoms with E-state index >= 15 is 0 Å². The van der Waals surface area contributed by atoms with Gasteiger partial charge in [0, 0.05) is 5.56 Å². The fourth-order valence-electron chi connectivity index (χ4n) is 3.88. The number of rotatable bonds is 9. The molecule has 1 aliphatic rings. The van der Waals surface area contributed by atoms with E-state index in [2.05, 4.69) is 11.6 Å². The summed E-state index contributed by atoms with van der Waals surface area (Å²) >= 11 is 0.914. The molecule has 1 amide bonds. The van der Waals surface area contributed by atoms with Crippen molar-refractivity contribution in [3.8, 4) is 5.75 Å². The number of carbonyl (C=O) groups is 3. The van der Waals surface area contributed by atoms with Crippen LogP contribution >= 0.6 is 11.3 Å². The minimum atomic E-state index is -1.10. The van der Waals surface area contributed by atoms with Crippen molar-refractivity contribution < 1.29 is 33.4 Å². The lowest BCUT2D eigenvalue weighted by molar-refractivity contribution is -0.132. The average Bonchev–Trinajstić information content (AvgIpc) is 3.56. The number of anilines is 1. The van der Waals surface area contributed by atoms with Crippen LogP contribution in [0.4, 0.5) is 5.13 Å². The summed E-state index contributed by atoms with van der Waals surface area (Å²) in [7, 11) is 0. The van der Waals surface area contributed by atoms with Crippen molar-refractivity contribution in [2.75, 3.05) is 18.1 Å². The minimum absolute atomic E-state index is 0.0166. The van der Waals surface area contributed by atoms with E-state index < -0.39 is 23.7 Å². The molecule has 1 fully saturated rings. The third kappa shape index (κ3) is 5.05. The normalized spacial score (nSPS) is 16.7. The highest BCUT2D eigenvalue weighted by Gasteiger charge is 2.50. The van der Waals surface area contributed by atoms with Gasteiger partial charge in [-0.3, -0.25) is 14.5 Å². The van der Waals surface area contributed by atoms with Crippen molar-refractivity contribution >= 4 is 39.9 Å². The van der Waals surface area contributed by atoms with Crippen molar-refractivity contribution in [2.45, 2.75) is 33.2 Å². The molecular weight excluding hydrogens is 496 g/mol. The number of furan rings is 1. The van der Waals surface area contributed by atoms with Crippen LogP contribution in [0.1, 0.15) is 51.8 Å². The molecule has 1 unspecified atom stereocenters. The lowest BCUT2D eigenvalue weighted by Crippen LogP contribution is -2.29. The van der Waals surface area contributed by atoms with Crippen LogP contribution in [0.25, 0.3) is 5.76 Å². The number of aromatic nitrogens is 1. The largest absolute Gasteiger partial charge is 0.507 e. The Morgan fingerprint density at radius 3 is 2.73 bits per heavy atom. The van der Waals surface area contributed by atoms with Gasteiger partial charge in [-0.25, -0.2) is 9.78 Å². The van der Waals surface area contributed by atoms with Gasteiger partial charge in [0.25, 0.3) is 5.78 Å². The van der Waals surface area contributed by atoms with E-state index in [4.69, 9.17) is 13.9 Å². The summed E-state index contributed by atoms with van der Waals surface area (Å²) in [4.78, 5) is 44.8. The Morgan fingerprint density at radius 2 is 2.05 bits per heavy atom. The molecule has 1 N–H and O–H groups in total. The number of nitrogens with zero attached hydrogens (tertiary/aromatic N) is 2. The van der Waals surface area contributed by atoms with Gasteiger partial charge in [-0.1, -0.05) is 43.0 Å². The second-order valence-electron chi connectivity index (χ2n) is 8.29. The number of Topliss-reactive ketones (excluding diaryl/α,β-unsaturated/α-hetero) is 1. The Hall–Kier alpha value is -4.18. The van der Waals surface area contributed by atoms with Gasteiger partial charge >= 0.3 is 11.9 Å². The Morgan fingerprint density at radius 1 is 1.27 bits per heavy atom. The van der Waals surface area contributed by atoms with Crippen molar-refractivity contribution in [3.05, 3.63) is 82.3 Å². The first kappa shape index (κ1) is 25.9. The SMILES string of the molecule is C=CCOC(=O)c1sc(N2C(=O)C(=O)/C(=C(/O)c3cccc(OCCC)c3)C2c2ccc(C)o2)nc1C. The Labute approximate surface area is 217 Å². The molecule has 0 radical (unpaired) electrons. The number of aliphatic hydroxyl groups is 1. The predicted molar refractivity (Wildman–Crippen MR) is 138 cm³/mol. The highest BCUT2D eigenvalue weighted by atomic mass is 32.1. The lowest BCUT2D eigenvalue weighted by Gasteiger charge is -2.20. The molecule has 1 aromatic carbocycles. The molecule has 1 aliphatic heterocycles. The Balaban J connectivity index is 1.83. The molecule has 3 heterocycles. The number of thiazole rings is 1. The molecular formula is C27H26N2O7S. The van der Waals surface area contributed by atoms with E-state index in [1.54, 1.807) is 50.2 Å². The second-order valence-corrected chi connectivity index (χ2v) is 9.27. The molecule has 1 saturated heterocycles. The van der Waals surface area contributed by atoms with Gasteiger partial charge in [-0.15, -0.1) is 0 Å². The molecule has 9 nitrogen and oxygen atoms in total. The van der Waals surface area contributed by atoms with Gasteiger partial charge in [0.2, 0.25) is 0 Å². The molecule has 3 aromatic rings. The van der Waals surface area contributed by atoms with Crippen molar-refractivity contribution in [1.29, 1.82) is 0 Å². The van der Waals surface area contributed by atoms with Crippen LogP contribution < -0.4 is 9.64 Å². The number of aryl methyl sites for hydroxylation is 2. The van der Waals surface area contributed by atoms with Crippen LogP contribution in [0.3, 0.4) is 0 Å². The molecule has 0 bridgehead atoms. The van der Waals surface area contributed by atoms with Crippen molar-refractivity contribution in [3.63, 3.8) is 0 Å². The number of amides is 1. The molecule has 1 atom stereocenters. The summed E-state index contributed by atoms with van der Waals surface area (Å²) in [6.45, 7) is 9.34. The zero-order valence-electron chi connectivity index (χ0n) is 20.6. The molecule has 0 saturated carbocycles. The van der Waals surface area contributed by atoms with Gasteiger partial charge in [0.1, 0.15) is 40.6 Å². The maximum Gasteiger partial charge on any atom is 0.350 e. The van der Waals surface area contributed by atoms with Crippen LogP contribution in [-0.4, -0.2) is 41.0 Å². The summed E-state index contributed by atoms with van der Waals surface area (Å²) in [6, 6.07) is 8.87. The van der Waals surface area contributed by atoms with E-state index in [1.165, 1.54) is 6.08 Å². The molecule has 0 aliphatic carbocycles. The Bertz CT molecular complexity index is 1400. The summed E-state index contributed by atoms with van der Waals surface area (Å²) < 4.78 is 16.6. The smallest absolute Gasteiger partial charge is 0.350 e. The van der Waals surface area contributed by atoms with Gasteiger partial charge in [-0.2, -0.15) is 0 Å². The third-order valence-electron chi connectivity index (χ3n) is 5.56. The summed E-state index contributed by atoms with van der Waals surface area (Å²) in [5.74, 6) is -1.46. The number of benzene rings is 1. The lowest BCUT2D eigenvalue weighted by atomic mass is 9.99. The van der Waals surface area contributed by atoms with Gasteiger partial charge < -0.3 is 19.0 Å². The number of ketones is 1. The highest BCUT2D eigenvalue weighted by molar-refractivity contribution is 7.17. The molecule has 0 spiro atoms. The molecule has 192 valence electrons. The van der Waals surface area contributed by atoms with E-state index in [0.29, 0.717) is 29.4 Å². The number of hydrogen-bond donors (Lipinski definition) is 1. The van der Waals surface area contributed by atoms with Gasteiger partial charge in [-0.05, 0) is 44.5 Å². The molecule has 4 rings (SSSR count). The first-order chi connectivity index (χ1) is 17.8. The first-order valence-corrected chi connectivity index (χ1v) is 12.4. The number of aliphatic hydroxyl groups excluding tert-OH is 1. The molecule has 37 heavy (non-hydrogen) atoms. The van der Waals surface area contributed by atoms with Crippen LogP contribution in [0.15, 0.2) is 59.0 Å². The van der Waals surface area contributed by atoms with E-state index in [0.717, 1.165) is 22.7 Å². The van der Waals surface area contributed by atoms with Crippen molar-refractivity contribution in [2.24, 2.45) is 0 Å². The van der Waals surface area contributed by atoms with Gasteiger partial charge in [0.05, 0.1) is 17.9 Å². The molecule has 2 aromatic heterocycles. The minimum Gasteiger partial charge on any atom is -0.507 e. The summed E-state index contributed by atoms with van der Waals surface area (Å²) in [6.07, 6.45) is 2.24. The standard InChI is InChI=1S/C27H26N2O7S/c1-5-12-34-18-9-7-8-17(14-18)22(30)20-21(19-11-10-15(3)36-19)29(25(32)23(20)31)27-28-16(4)24(37-27)26(33)35-13-6-2/h6-11,14,21,30H,2,5,12-13H2,1,3-4H3/b22-20+. The predicted octanol–water partition coefficient (Wildman–Crippen LogP) is 5.11. The molecule has 10 heteroatoms. The van der Waals surface area contributed by atoms with Gasteiger partial charge in [0.15, 0.2) is 5.13 Å². The highest BCUT2D eigenvalue weighted by Crippen LogP contribution is 2.44. The van der Waals surface area contributed by atoms with Crippen molar-refractivity contribution in [1.82, 2.24) is 4.98 Å². The van der Waals surface area contributed by atoms with Crippen LogP contribution in [0.2, 0.25) is 0 Å². The second kappa shape index (κ2) is 10.8. The maximum atomic E-state index is 13.3. The quantitative estimate of drug-likeness (QED) is 0.135. The van der Waals surface area contributed by atoms with E-state index in [9.17, 15) is 19.5 Å². The number of hydrogen-bond acceptors (Lipinski definition) is 9. The number of carbonyl (C=O) groups excluding carboxylic acids is 3. The fraction of sp³-hybridized carbons (Fsp3) is 0.259. The maximum absolute atomic E-state index is 13.3. The fourth-order valence-corrected chi connectivity index (χ4v) is 4.87. The number of ether oxygens (including phenoxy) is 2. The zero-order chi connectivity index (χ0) is 26.7. The number of esters is 1. The average molecular weight is 523 g/mol. The van der Waals surface area contributed by atoms with Crippen LogP contribution in [0, 0.1) is 13.8 Å². The Kier molecular flexibility index (Phi) is 7.58. The summed E-state index contributed by atoms with van der Waals surface area (Å²) in [5.41, 5.74) is 0.491. The third-order valence-corrected chi connectivity index (χ3v) is 6.70. The first-order valence-electron chi connectivity index (χ1n) is 11.6.